The average Bonchev–Trinajstić information content (AvgIpc) is 3.50. The van der Waals surface area contributed by atoms with Gasteiger partial charge in [-0.05, 0) is 60.7 Å². The lowest BCUT2D eigenvalue weighted by molar-refractivity contribution is -0.125. The Morgan fingerprint density at radius 1 is 1.25 bits per heavy atom. The van der Waals surface area contributed by atoms with Crippen molar-refractivity contribution in [3.05, 3.63) is 76.0 Å². The predicted molar refractivity (Wildman–Crippen MR) is 121 cm³/mol. The van der Waals surface area contributed by atoms with Gasteiger partial charge in [0.05, 0.1) is 29.9 Å². The summed E-state index contributed by atoms with van der Waals surface area (Å²) in [5, 5.41) is 4.76. The van der Waals surface area contributed by atoms with Crippen molar-refractivity contribution < 1.29 is 13.6 Å². The zero-order valence-corrected chi connectivity index (χ0v) is 18.0. The summed E-state index contributed by atoms with van der Waals surface area (Å²) < 4.78 is 20.9. The number of aromatic nitrogens is 2. The zero-order chi connectivity index (χ0) is 22.1. The molecular formula is C23H21FN4O3S. The van der Waals surface area contributed by atoms with Crippen molar-refractivity contribution >= 4 is 33.4 Å². The van der Waals surface area contributed by atoms with Crippen LogP contribution in [0.4, 0.5) is 10.3 Å². The molecule has 5 rings (SSSR count). The van der Waals surface area contributed by atoms with E-state index in [0.717, 1.165) is 12.8 Å². The van der Waals surface area contributed by atoms with Gasteiger partial charge in [0, 0.05) is 13.1 Å². The Balaban J connectivity index is 1.46. The summed E-state index contributed by atoms with van der Waals surface area (Å²) in [6, 6.07) is 11.2. The molecule has 9 heteroatoms. The molecule has 32 heavy (non-hydrogen) atoms. The van der Waals surface area contributed by atoms with Gasteiger partial charge < -0.3 is 14.6 Å². The second-order valence-corrected chi connectivity index (χ2v) is 8.66. The number of halogens is 1. The standard InChI is InChI=1S/C23H21FN4O3S/c24-16-5-7-17(8-6-16)28-22(30)20-19(9-12-32-20)26-23(28)27-10-1-3-15(14-27)21(29)25-13-18-4-2-11-31-18/h2,4-9,11-12,15H,1,3,10,13-14H2,(H,25,29)/t15-/m1/s1. The monoisotopic (exact) mass is 452 g/mol. The summed E-state index contributed by atoms with van der Waals surface area (Å²) in [4.78, 5) is 32.8. The van der Waals surface area contributed by atoms with Gasteiger partial charge in [-0.15, -0.1) is 11.3 Å². The molecule has 1 aliphatic rings. The number of benzene rings is 1. The first-order valence-electron chi connectivity index (χ1n) is 10.4. The molecule has 0 radical (unpaired) electrons. The minimum absolute atomic E-state index is 0.0570. The van der Waals surface area contributed by atoms with Gasteiger partial charge in [0.25, 0.3) is 5.56 Å². The molecule has 164 valence electrons. The van der Waals surface area contributed by atoms with Crippen molar-refractivity contribution in [1.82, 2.24) is 14.9 Å². The SMILES string of the molecule is O=C(NCc1ccco1)[C@@H]1CCCN(c2nc3ccsc3c(=O)n2-c2ccc(F)cc2)C1. The van der Waals surface area contributed by atoms with Gasteiger partial charge >= 0.3 is 0 Å². The first kappa shape index (κ1) is 20.4. The Kier molecular flexibility index (Phi) is 5.48. The highest BCUT2D eigenvalue weighted by molar-refractivity contribution is 7.17. The van der Waals surface area contributed by atoms with Crippen molar-refractivity contribution in [3.63, 3.8) is 0 Å². The van der Waals surface area contributed by atoms with Crippen LogP contribution in [-0.2, 0) is 11.3 Å². The number of piperidine rings is 1. The van der Waals surface area contributed by atoms with Crippen LogP contribution in [-0.4, -0.2) is 28.5 Å². The first-order chi connectivity index (χ1) is 15.6. The maximum atomic E-state index is 13.5. The molecule has 3 aromatic heterocycles. The number of amides is 1. The molecule has 0 saturated carbocycles. The van der Waals surface area contributed by atoms with E-state index in [4.69, 9.17) is 9.40 Å². The molecule has 1 N–H and O–H groups in total. The van der Waals surface area contributed by atoms with Crippen molar-refractivity contribution in [1.29, 1.82) is 0 Å². The van der Waals surface area contributed by atoms with E-state index >= 15 is 0 Å². The average molecular weight is 453 g/mol. The zero-order valence-electron chi connectivity index (χ0n) is 17.2. The molecule has 1 amide bonds. The molecule has 0 aliphatic carbocycles. The molecule has 0 spiro atoms. The lowest BCUT2D eigenvalue weighted by Gasteiger charge is -2.34. The summed E-state index contributed by atoms with van der Waals surface area (Å²) in [6.07, 6.45) is 3.12. The summed E-state index contributed by atoms with van der Waals surface area (Å²) >= 11 is 1.33. The van der Waals surface area contributed by atoms with Crippen LogP contribution in [0, 0.1) is 11.7 Å². The highest BCUT2D eigenvalue weighted by atomic mass is 32.1. The number of furan rings is 1. The summed E-state index contributed by atoms with van der Waals surface area (Å²) in [5.74, 6) is 0.491. The fourth-order valence-electron chi connectivity index (χ4n) is 4.04. The van der Waals surface area contributed by atoms with Gasteiger partial charge in [-0.25, -0.2) is 13.9 Å². The number of fused-ring (bicyclic) bond motifs is 1. The Bertz CT molecular complexity index is 1300. The van der Waals surface area contributed by atoms with E-state index in [9.17, 15) is 14.0 Å². The van der Waals surface area contributed by atoms with Crippen LogP contribution in [0.5, 0.6) is 0 Å². The van der Waals surface area contributed by atoms with E-state index < -0.39 is 0 Å². The van der Waals surface area contributed by atoms with E-state index in [2.05, 4.69) is 5.32 Å². The number of carbonyl (C=O) groups excluding carboxylic acids is 1. The Morgan fingerprint density at radius 3 is 2.88 bits per heavy atom. The third-order valence-corrected chi connectivity index (χ3v) is 6.53. The van der Waals surface area contributed by atoms with Crippen molar-refractivity contribution in [2.24, 2.45) is 5.92 Å². The van der Waals surface area contributed by atoms with Gasteiger partial charge in [0.1, 0.15) is 16.3 Å². The van der Waals surface area contributed by atoms with E-state index in [-0.39, 0.29) is 23.2 Å². The van der Waals surface area contributed by atoms with Crippen LogP contribution in [0.1, 0.15) is 18.6 Å². The number of hydrogen-bond acceptors (Lipinski definition) is 6. The van der Waals surface area contributed by atoms with Crippen LogP contribution in [0.15, 0.2) is 63.3 Å². The fraction of sp³-hybridized carbons (Fsp3) is 0.261. The van der Waals surface area contributed by atoms with E-state index in [1.165, 1.54) is 28.0 Å². The molecule has 1 fully saturated rings. The number of hydrogen-bond donors (Lipinski definition) is 1. The molecule has 0 bridgehead atoms. The fourth-order valence-corrected chi connectivity index (χ4v) is 4.80. The maximum absolute atomic E-state index is 13.5. The number of nitrogens with zero attached hydrogens (tertiary/aromatic N) is 3. The molecule has 1 aromatic carbocycles. The number of anilines is 1. The number of nitrogens with one attached hydrogen (secondary N) is 1. The quantitative estimate of drug-likeness (QED) is 0.499. The minimum atomic E-state index is -0.375. The van der Waals surface area contributed by atoms with Crippen LogP contribution in [0.2, 0.25) is 0 Å². The highest BCUT2D eigenvalue weighted by Gasteiger charge is 2.29. The molecule has 7 nitrogen and oxygen atoms in total. The lowest BCUT2D eigenvalue weighted by atomic mass is 9.97. The molecular weight excluding hydrogens is 431 g/mol. The molecule has 4 heterocycles. The topological polar surface area (TPSA) is 80.4 Å². The van der Waals surface area contributed by atoms with Gasteiger partial charge in [-0.2, -0.15) is 0 Å². The van der Waals surface area contributed by atoms with Crippen molar-refractivity contribution in [3.8, 4) is 5.69 Å². The van der Waals surface area contributed by atoms with Gasteiger partial charge in [-0.3, -0.25) is 9.59 Å². The summed E-state index contributed by atoms with van der Waals surface area (Å²) in [7, 11) is 0. The number of carbonyl (C=O) groups is 1. The molecule has 1 aliphatic heterocycles. The Hall–Kier alpha value is -3.46. The van der Waals surface area contributed by atoms with Crippen LogP contribution < -0.4 is 15.8 Å². The summed E-state index contributed by atoms with van der Waals surface area (Å²) in [6.45, 7) is 1.44. The third kappa shape index (κ3) is 3.91. The predicted octanol–water partition coefficient (Wildman–Crippen LogP) is 3.71. The van der Waals surface area contributed by atoms with E-state index in [0.29, 0.717) is 47.2 Å². The second-order valence-electron chi connectivity index (χ2n) is 7.75. The lowest BCUT2D eigenvalue weighted by Crippen LogP contribution is -2.45. The largest absolute Gasteiger partial charge is 0.467 e. The van der Waals surface area contributed by atoms with Crippen LogP contribution in [0.25, 0.3) is 15.9 Å². The van der Waals surface area contributed by atoms with Crippen molar-refractivity contribution in [2.45, 2.75) is 19.4 Å². The normalized spacial score (nSPS) is 16.4. The Labute approximate surface area is 187 Å². The van der Waals surface area contributed by atoms with Crippen LogP contribution in [0.3, 0.4) is 0 Å². The second kappa shape index (κ2) is 8.58. The molecule has 1 saturated heterocycles. The maximum Gasteiger partial charge on any atom is 0.277 e. The van der Waals surface area contributed by atoms with E-state index in [1.54, 1.807) is 24.5 Å². The first-order valence-corrected chi connectivity index (χ1v) is 11.3. The highest BCUT2D eigenvalue weighted by Crippen LogP contribution is 2.26. The minimum Gasteiger partial charge on any atom is -0.467 e. The number of thiophene rings is 1. The number of rotatable bonds is 5. The molecule has 1 atom stereocenters. The summed E-state index contributed by atoms with van der Waals surface area (Å²) in [5.41, 5.74) is 0.965. The Morgan fingerprint density at radius 2 is 2.09 bits per heavy atom. The third-order valence-electron chi connectivity index (χ3n) is 5.64. The smallest absolute Gasteiger partial charge is 0.277 e. The van der Waals surface area contributed by atoms with Gasteiger partial charge in [0.15, 0.2) is 0 Å². The molecule has 4 aromatic rings. The molecule has 0 unspecified atom stereocenters. The van der Waals surface area contributed by atoms with Gasteiger partial charge in [0.2, 0.25) is 11.9 Å². The van der Waals surface area contributed by atoms with Crippen LogP contribution >= 0.6 is 11.3 Å². The van der Waals surface area contributed by atoms with Crippen molar-refractivity contribution in [2.75, 3.05) is 18.0 Å². The van der Waals surface area contributed by atoms with E-state index in [1.807, 2.05) is 22.4 Å². The van der Waals surface area contributed by atoms with Gasteiger partial charge in [-0.1, -0.05) is 0 Å².